The number of para-hydroxylation sites is 2. The summed E-state index contributed by atoms with van der Waals surface area (Å²) in [7, 11) is 0. The van der Waals surface area contributed by atoms with Gasteiger partial charge in [-0.05, 0) is 36.4 Å². The highest BCUT2D eigenvalue weighted by Crippen LogP contribution is 2.24. The summed E-state index contributed by atoms with van der Waals surface area (Å²) in [6, 6.07) is 29.4. The van der Waals surface area contributed by atoms with Crippen LogP contribution in [0.4, 0.5) is 5.69 Å². The Labute approximate surface area is 190 Å². The Bertz CT molecular complexity index is 1410. The van der Waals surface area contributed by atoms with E-state index in [1.807, 2.05) is 77.6 Å². The van der Waals surface area contributed by atoms with Gasteiger partial charge >= 0.3 is 0 Å². The molecule has 160 valence electrons. The molecule has 5 rings (SSSR count). The number of ketones is 1. The third-order valence-corrected chi connectivity index (χ3v) is 5.29. The second kappa shape index (κ2) is 8.80. The Hall–Kier alpha value is -4.71. The molecule has 0 saturated carbocycles. The Balaban J connectivity index is 1.52. The zero-order valence-electron chi connectivity index (χ0n) is 17.6. The number of hydrogen-bond donors (Lipinski definition) is 1. The van der Waals surface area contributed by atoms with Crippen LogP contribution in [0.1, 0.15) is 26.3 Å². The van der Waals surface area contributed by atoms with Crippen molar-refractivity contribution < 1.29 is 9.59 Å². The number of aromatic nitrogens is 3. The zero-order valence-corrected chi connectivity index (χ0v) is 17.6. The predicted octanol–water partition coefficient (Wildman–Crippen LogP) is 5.15. The number of rotatable bonds is 6. The molecule has 6 heteroatoms. The van der Waals surface area contributed by atoms with Crippen molar-refractivity contribution in [2.75, 3.05) is 5.32 Å². The third-order valence-electron chi connectivity index (χ3n) is 5.29. The maximum atomic E-state index is 13.4. The van der Waals surface area contributed by atoms with Crippen molar-refractivity contribution in [3.8, 4) is 11.5 Å². The SMILES string of the molecule is O=C(c1ccccc1)c1ccccc1NC(=O)c1cnn(-c2ccccc2)c1-n1cccc1. The quantitative estimate of drug-likeness (QED) is 0.378. The molecule has 0 aliphatic carbocycles. The van der Waals surface area contributed by atoms with Gasteiger partial charge in [0.1, 0.15) is 5.56 Å². The van der Waals surface area contributed by atoms with Crippen molar-refractivity contribution in [2.45, 2.75) is 0 Å². The van der Waals surface area contributed by atoms with Gasteiger partial charge in [0.15, 0.2) is 11.6 Å². The fraction of sp³-hybridized carbons (Fsp3) is 0. The number of carbonyl (C=O) groups is 2. The van der Waals surface area contributed by atoms with E-state index >= 15 is 0 Å². The standard InChI is InChI=1S/C27H20N4O2/c32-25(20-11-3-1-4-12-20)22-15-7-8-16-24(22)29-26(33)23-19-28-31(21-13-5-2-6-14-21)27(23)30-17-9-10-18-30/h1-19H,(H,29,33). The normalized spacial score (nSPS) is 10.7. The van der Waals surface area contributed by atoms with Crippen LogP contribution in [0.3, 0.4) is 0 Å². The van der Waals surface area contributed by atoms with Crippen molar-refractivity contribution >= 4 is 17.4 Å². The molecule has 1 amide bonds. The molecule has 6 nitrogen and oxygen atoms in total. The van der Waals surface area contributed by atoms with Gasteiger partial charge in [-0.1, -0.05) is 60.7 Å². The van der Waals surface area contributed by atoms with Crippen molar-refractivity contribution in [3.63, 3.8) is 0 Å². The van der Waals surface area contributed by atoms with E-state index < -0.39 is 0 Å². The lowest BCUT2D eigenvalue weighted by Gasteiger charge is -2.13. The van der Waals surface area contributed by atoms with Crippen LogP contribution in [0.25, 0.3) is 11.5 Å². The van der Waals surface area contributed by atoms with Crippen LogP contribution in [0, 0.1) is 0 Å². The van der Waals surface area contributed by atoms with Gasteiger partial charge in [-0.3, -0.25) is 9.59 Å². The molecule has 1 N–H and O–H groups in total. The summed E-state index contributed by atoms with van der Waals surface area (Å²) in [5.74, 6) is 0.0990. The first-order valence-corrected chi connectivity index (χ1v) is 10.5. The molecular formula is C27H20N4O2. The molecular weight excluding hydrogens is 412 g/mol. The lowest BCUT2D eigenvalue weighted by atomic mass is 10.0. The number of nitrogens with zero attached hydrogens (tertiary/aromatic N) is 3. The van der Waals surface area contributed by atoms with Crippen LogP contribution in [0.2, 0.25) is 0 Å². The van der Waals surface area contributed by atoms with Gasteiger partial charge in [0.25, 0.3) is 5.91 Å². The highest BCUT2D eigenvalue weighted by Gasteiger charge is 2.22. The van der Waals surface area contributed by atoms with Gasteiger partial charge in [-0.2, -0.15) is 5.10 Å². The first-order valence-electron chi connectivity index (χ1n) is 10.5. The molecule has 2 aromatic heterocycles. The minimum Gasteiger partial charge on any atom is -0.321 e. The van der Waals surface area contributed by atoms with Crippen molar-refractivity contribution in [2.24, 2.45) is 0 Å². The first-order chi connectivity index (χ1) is 16.2. The average molecular weight is 432 g/mol. The Morgan fingerprint density at radius 1 is 0.697 bits per heavy atom. The molecule has 0 bridgehead atoms. The van der Waals surface area contributed by atoms with E-state index in [1.54, 1.807) is 47.3 Å². The second-order valence-electron chi connectivity index (χ2n) is 7.41. The molecule has 33 heavy (non-hydrogen) atoms. The molecule has 0 saturated heterocycles. The van der Waals surface area contributed by atoms with Gasteiger partial charge in [-0.25, -0.2) is 4.68 Å². The van der Waals surface area contributed by atoms with Crippen molar-refractivity contribution in [3.05, 3.63) is 132 Å². The summed E-state index contributed by atoms with van der Waals surface area (Å²) in [6.45, 7) is 0. The highest BCUT2D eigenvalue weighted by molar-refractivity contribution is 6.15. The average Bonchev–Trinajstić information content (AvgIpc) is 3.55. The van der Waals surface area contributed by atoms with E-state index in [0.717, 1.165) is 5.69 Å². The van der Waals surface area contributed by atoms with E-state index in [0.29, 0.717) is 28.2 Å². The topological polar surface area (TPSA) is 68.9 Å². The molecule has 0 atom stereocenters. The van der Waals surface area contributed by atoms with Gasteiger partial charge in [-0.15, -0.1) is 0 Å². The molecule has 3 aromatic carbocycles. The van der Waals surface area contributed by atoms with Crippen LogP contribution in [-0.4, -0.2) is 26.0 Å². The Morgan fingerprint density at radius 3 is 2.06 bits per heavy atom. The summed E-state index contributed by atoms with van der Waals surface area (Å²) in [4.78, 5) is 26.5. The van der Waals surface area contributed by atoms with E-state index in [9.17, 15) is 9.59 Å². The Morgan fingerprint density at radius 2 is 1.33 bits per heavy atom. The van der Waals surface area contributed by atoms with Gasteiger partial charge in [0.2, 0.25) is 0 Å². The lowest BCUT2D eigenvalue weighted by molar-refractivity contribution is 0.102. The minimum atomic E-state index is -0.353. The fourth-order valence-electron chi connectivity index (χ4n) is 3.71. The summed E-state index contributed by atoms with van der Waals surface area (Å²) >= 11 is 0. The summed E-state index contributed by atoms with van der Waals surface area (Å²) in [6.07, 6.45) is 5.26. The molecule has 5 aromatic rings. The van der Waals surface area contributed by atoms with E-state index in [4.69, 9.17) is 0 Å². The number of anilines is 1. The molecule has 0 unspecified atom stereocenters. The van der Waals surface area contributed by atoms with E-state index in [1.165, 1.54) is 0 Å². The monoisotopic (exact) mass is 432 g/mol. The maximum absolute atomic E-state index is 13.4. The van der Waals surface area contributed by atoms with Crippen LogP contribution in [0.15, 0.2) is 116 Å². The molecule has 2 heterocycles. The van der Waals surface area contributed by atoms with Gasteiger partial charge in [0, 0.05) is 23.5 Å². The Kier molecular flexibility index (Phi) is 5.39. The number of amides is 1. The summed E-state index contributed by atoms with van der Waals surface area (Å²) in [5, 5.41) is 7.40. The predicted molar refractivity (Wildman–Crippen MR) is 127 cm³/mol. The zero-order chi connectivity index (χ0) is 22.6. The van der Waals surface area contributed by atoms with E-state index in [-0.39, 0.29) is 11.7 Å². The number of nitrogens with one attached hydrogen (secondary N) is 1. The van der Waals surface area contributed by atoms with Gasteiger partial charge < -0.3 is 9.88 Å². The third kappa shape index (κ3) is 3.97. The van der Waals surface area contributed by atoms with E-state index in [2.05, 4.69) is 10.4 Å². The smallest absolute Gasteiger partial charge is 0.261 e. The summed E-state index contributed by atoms with van der Waals surface area (Å²) < 4.78 is 3.56. The summed E-state index contributed by atoms with van der Waals surface area (Å²) in [5.41, 5.74) is 2.65. The van der Waals surface area contributed by atoms with Crippen LogP contribution < -0.4 is 5.32 Å². The van der Waals surface area contributed by atoms with Gasteiger partial charge in [0.05, 0.1) is 17.6 Å². The maximum Gasteiger partial charge on any atom is 0.261 e. The number of benzene rings is 3. The number of hydrogen-bond acceptors (Lipinski definition) is 3. The van der Waals surface area contributed by atoms with Crippen molar-refractivity contribution in [1.82, 2.24) is 14.3 Å². The molecule has 0 aliphatic rings. The number of carbonyl (C=O) groups excluding carboxylic acids is 2. The molecule has 0 fully saturated rings. The molecule has 0 radical (unpaired) electrons. The lowest BCUT2D eigenvalue weighted by Crippen LogP contribution is -2.17. The molecule has 0 aliphatic heterocycles. The van der Waals surface area contributed by atoms with Crippen LogP contribution in [0.5, 0.6) is 0 Å². The second-order valence-corrected chi connectivity index (χ2v) is 7.41. The molecule has 0 spiro atoms. The highest BCUT2D eigenvalue weighted by atomic mass is 16.2. The first kappa shape index (κ1) is 20.2. The minimum absolute atomic E-state index is 0.155. The van der Waals surface area contributed by atoms with Crippen LogP contribution in [-0.2, 0) is 0 Å². The fourth-order valence-corrected chi connectivity index (χ4v) is 3.71. The van der Waals surface area contributed by atoms with Crippen molar-refractivity contribution in [1.29, 1.82) is 0 Å². The largest absolute Gasteiger partial charge is 0.321 e. The van der Waals surface area contributed by atoms with Crippen LogP contribution >= 0.6 is 0 Å².